The van der Waals surface area contributed by atoms with Crippen LogP contribution in [0.15, 0.2) is 11.6 Å². The SMILES string of the molecule is CC(C)=CCNC(=O)C(CN)CC(C)C. The van der Waals surface area contributed by atoms with Gasteiger partial charge in [0.25, 0.3) is 0 Å². The Hall–Kier alpha value is -0.830. The van der Waals surface area contributed by atoms with Crippen molar-refractivity contribution in [2.45, 2.75) is 34.1 Å². The van der Waals surface area contributed by atoms with Crippen LogP contribution in [0.25, 0.3) is 0 Å². The molecule has 0 aromatic carbocycles. The summed E-state index contributed by atoms with van der Waals surface area (Å²) in [5.74, 6) is 0.534. The van der Waals surface area contributed by atoms with E-state index in [2.05, 4.69) is 19.2 Å². The van der Waals surface area contributed by atoms with Gasteiger partial charge in [0, 0.05) is 13.1 Å². The maximum Gasteiger partial charge on any atom is 0.224 e. The summed E-state index contributed by atoms with van der Waals surface area (Å²) in [6.07, 6.45) is 2.86. The molecule has 0 bridgehead atoms. The number of carbonyl (C=O) groups is 1. The van der Waals surface area contributed by atoms with Crippen LogP contribution in [0.4, 0.5) is 0 Å². The van der Waals surface area contributed by atoms with Gasteiger partial charge in [0.2, 0.25) is 5.91 Å². The van der Waals surface area contributed by atoms with Crippen LogP contribution in [0.2, 0.25) is 0 Å². The van der Waals surface area contributed by atoms with Crippen LogP contribution in [0.3, 0.4) is 0 Å². The summed E-state index contributed by atoms with van der Waals surface area (Å²) in [6.45, 7) is 9.27. The molecule has 0 aromatic rings. The fourth-order valence-electron chi connectivity index (χ4n) is 1.38. The third-order valence-corrected chi connectivity index (χ3v) is 2.20. The van der Waals surface area contributed by atoms with E-state index in [-0.39, 0.29) is 11.8 Å². The van der Waals surface area contributed by atoms with Gasteiger partial charge < -0.3 is 11.1 Å². The second kappa shape index (κ2) is 7.46. The number of allylic oxidation sites excluding steroid dienone is 1. The lowest BCUT2D eigenvalue weighted by molar-refractivity contribution is -0.124. The Morgan fingerprint density at radius 1 is 1.40 bits per heavy atom. The summed E-state index contributed by atoms with van der Waals surface area (Å²) < 4.78 is 0. The third kappa shape index (κ3) is 7.14. The standard InChI is InChI=1S/C12H24N2O/c1-9(2)5-6-14-12(15)11(8-13)7-10(3)4/h5,10-11H,6-8,13H2,1-4H3,(H,14,15). The second-order valence-electron chi connectivity index (χ2n) is 4.59. The largest absolute Gasteiger partial charge is 0.352 e. The van der Waals surface area contributed by atoms with Gasteiger partial charge >= 0.3 is 0 Å². The summed E-state index contributed by atoms with van der Waals surface area (Å²) in [4.78, 5) is 11.7. The van der Waals surface area contributed by atoms with Crippen molar-refractivity contribution in [1.29, 1.82) is 0 Å². The fraction of sp³-hybridized carbons (Fsp3) is 0.750. The first kappa shape index (κ1) is 14.2. The van der Waals surface area contributed by atoms with E-state index in [1.807, 2.05) is 19.9 Å². The van der Waals surface area contributed by atoms with Crippen LogP contribution in [0.1, 0.15) is 34.1 Å². The molecule has 0 rings (SSSR count). The summed E-state index contributed by atoms with van der Waals surface area (Å²) in [6, 6.07) is 0. The van der Waals surface area contributed by atoms with Gasteiger partial charge in [-0.15, -0.1) is 0 Å². The number of amides is 1. The second-order valence-corrected chi connectivity index (χ2v) is 4.59. The first-order valence-electron chi connectivity index (χ1n) is 5.58. The van der Waals surface area contributed by atoms with Gasteiger partial charge in [-0.05, 0) is 26.2 Å². The number of hydrogen-bond acceptors (Lipinski definition) is 2. The highest BCUT2D eigenvalue weighted by Crippen LogP contribution is 2.10. The van der Waals surface area contributed by atoms with Gasteiger partial charge in [-0.3, -0.25) is 4.79 Å². The number of nitrogens with two attached hydrogens (primary N) is 1. The lowest BCUT2D eigenvalue weighted by Gasteiger charge is -2.16. The summed E-state index contributed by atoms with van der Waals surface area (Å²) in [5.41, 5.74) is 6.79. The van der Waals surface area contributed by atoms with E-state index in [0.717, 1.165) is 6.42 Å². The Bertz CT molecular complexity index is 218. The zero-order chi connectivity index (χ0) is 11.8. The maximum absolute atomic E-state index is 11.7. The fourth-order valence-corrected chi connectivity index (χ4v) is 1.38. The van der Waals surface area contributed by atoms with E-state index in [9.17, 15) is 4.79 Å². The first-order chi connectivity index (χ1) is 6.97. The summed E-state index contributed by atoms with van der Waals surface area (Å²) in [5, 5.41) is 2.88. The normalized spacial score (nSPS) is 12.4. The topological polar surface area (TPSA) is 55.1 Å². The highest BCUT2D eigenvalue weighted by atomic mass is 16.1. The Kier molecular flexibility index (Phi) is 7.05. The smallest absolute Gasteiger partial charge is 0.224 e. The quantitative estimate of drug-likeness (QED) is 0.658. The van der Waals surface area contributed by atoms with Crippen molar-refractivity contribution >= 4 is 5.91 Å². The van der Waals surface area contributed by atoms with Gasteiger partial charge in [-0.25, -0.2) is 0 Å². The molecule has 3 N–H and O–H groups in total. The molecular weight excluding hydrogens is 188 g/mol. The van der Waals surface area contributed by atoms with Crippen molar-refractivity contribution in [3.05, 3.63) is 11.6 Å². The molecule has 0 aliphatic rings. The van der Waals surface area contributed by atoms with Crippen LogP contribution >= 0.6 is 0 Å². The average molecular weight is 212 g/mol. The van der Waals surface area contributed by atoms with E-state index in [4.69, 9.17) is 5.73 Å². The molecule has 1 amide bonds. The molecule has 15 heavy (non-hydrogen) atoms. The number of carbonyl (C=O) groups excluding carboxylic acids is 1. The minimum Gasteiger partial charge on any atom is -0.352 e. The van der Waals surface area contributed by atoms with Crippen molar-refractivity contribution in [2.75, 3.05) is 13.1 Å². The molecule has 0 fully saturated rings. The zero-order valence-electron chi connectivity index (χ0n) is 10.3. The van der Waals surface area contributed by atoms with E-state index in [1.54, 1.807) is 0 Å². The molecule has 88 valence electrons. The van der Waals surface area contributed by atoms with Crippen LogP contribution in [0.5, 0.6) is 0 Å². The highest BCUT2D eigenvalue weighted by Gasteiger charge is 2.16. The Balaban J connectivity index is 3.99. The summed E-state index contributed by atoms with van der Waals surface area (Å²) >= 11 is 0. The molecule has 0 aliphatic carbocycles. The molecule has 0 spiro atoms. The third-order valence-electron chi connectivity index (χ3n) is 2.20. The Morgan fingerprint density at radius 2 is 2.00 bits per heavy atom. The maximum atomic E-state index is 11.7. The van der Waals surface area contributed by atoms with Crippen LogP contribution in [-0.2, 0) is 4.79 Å². The van der Waals surface area contributed by atoms with Gasteiger partial charge in [0.05, 0.1) is 5.92 Å². The molecule has 0 aliphatic heterocycles. The molecule has 1 atom stereocenters. The van der Waals surface area contributed by atoms with Gasteiger partial charge in [0.15, 0.2) is 0 Å². The molecular formula is C12H24N2O. The zero-order valence-corrected chi connectivity index (χ0v) is 10.3. The lowest BCUT2D eigenvalue weighted by atomic mass is 9.96. The molecule has 0 saturated carbocycles. The predicted octanol–water partition coefficient (Wildman–Crippen LogP) is 1.69. The minimum absolute atomic E-state index is 0.0458. The number of rotatable bonds is 6. The van der Waals surface area contributed by atoms with Crippen molar-refractivity contribution in [3.8, 4) is 0 Å². The number of nitrogens with one attached hydrogen (secondary N) is 1. The van der Waals surface area contributed by atoms with E-state index in [1.165, 1.54) is 5.57 Å². The predicted molar refractivity (Wildman–Crippen MR) is 64.4 cm³/mol. The molecule has 0 radical (unpaired) electrons. The van der Waals surface area contributed by atoms with E-state index >= 15 is 0 Å². The Morgan fingerprint density at radius 3 is 2.40 bits per heavy atom. The van der Waals surface area contributed by atoms with Crippen LogP contribution in [-0.4, -0.2) is 19.0 Å². The molecule has 0 saturated heterocycles. The van der Waals surface area contributed by atoms with Crippen molar-refractivity contribution in [1.82, 2.24) is 5.32 Å². The van der Waals surface area contributed by atoms with Gasteiger partial charge in [-0.1, -0.05) is 25.5 Å². The molecule has 0 aromatic heterocycles. The highest BCUT2D eigenvalue weighted by molar-refractivity contribution is 5.79. The number of hydrogen-bond donors (Lipinski definition) is 2. The van der Waals surface area contributed by atoms with Crippen molar-refractivity contribution in [2.24, 2.45) is 17.6 Å². The van der Waals surface area contributed by atoms with Crippen molar-refractivity contribution < 1.29 is 4.79 Å². The molecule has 0 heterocycles. The Labute approximate surface area is 93.1 Å². The summed E-state index contributed by atoms with van der Waals surface area (Å²) in [7, 11) is 0. The minimum atomic E-state index is -0.0458. The van der Waals surface area contributed by atoms with Crippen LogP contribution in [0, 0.1) is 11.8 Å². The monoisotopic (exact) mass is 212 g/mol. The van der Waals surface area contributed by atoms with Crippen molar-refractivity contribution in [3.63, 3.8) is 0 Å². The molecule has 3 heteroatoms. The van der Waals surface area contributed by atoms with Crippen LogP contribution < -0.4 is 11.1 Å². The molecule has 3 nitrogen and oxygen atoms in total. The van der Waals surface area contributed by atoms with E-state index < -0.39 is 0 Å². The van der Waals surface area contributed by atoms with E-state index in [0.29, 0.717) is 19.0 Å². The van der Waals surface area contributed by atoms with Gasteiger partial charge in [-0.2, -0.15) is 0 Å². The first-order valence-corrected chi connectivity index (χ1v) is 5.58. The molecule has 1 unspecified atom stereocenters. The lowest BCUT2D eigenvalue weighted by Crippen LogP contribution is -2.35. The average Bonchev–Trinajstić information content (AvgIpc) is 2.13. The van der Waals surface area contributed by atoms with Gasteiger partial charge in [0.1, 0.15) is 0 Å².